The number of furan rings is 1. The van der Waals surface area contributed by atoms with Gasteiger partial charge >= 0.3 is 0 Å². The molecule has 0 radical (unpaired) electrons. The SMILES string of the molecule is CCNCc1occc1CN(C)c1ccc(F)cc1. The number of anilines is 1. The molecular weight excluding hydrogens is 243 g/mol. The molecule has 0 atom stereocenters. The van der Waals surface area contributed by atoms with Crippen molar-refractivity contribution >= 4 is 5.69 Å². The fourth-order valence-electron chi connectivity index (χ4n) is 1.94. The molecule has 102 valence electrons. The van der Waals surface area contributed by atoms with Gasteiger partial charge in [0.2, 0.25) is 0 Å². The molecule has 19 heavy (non-hydrogen) atoms. The number of nitrogens with one attached hydrogen (secondary N) is 1. The van der Waals surface area contributed by atoms with Crippen LogP contribution in [0.15, 0.2) is 41.0 Å². The van der Waals surface area contributed by atoms with Gasteiger partial charge in [0.25, 0.3) is 0 Å². The molecule has 1 heterocycles. The van der Waals surface area contributed by atoms with Crippen LogP contribution in [0.5, 0.6) is 0 Å². The Hall–Kier alpha value is -1.81. The third kappa shape index (κ3) is 3.58. The van der Waals surface area contributed by atoms with Crippen LogP contribution in [-0.2, 0) is 13.1 Å². The molecule has 1 aromatic carbocycles. The molecule has 4 heteroatoms. The van der Waals surface area contributed by atoms with Gasteiger partial charge in [-0.15, -0.1) is 0 Å². The molecule has 0 aliphatic carbocycles. The van der Waals surface area contributed by atoms with Crippen molar-refractivity contribution in [2.24, 2.45) is 0 Å². The van der Waals surface area contributed by atoms with Gasteiger partial charge in [0.05, 0.1) is 12.8 Å². The van der Waals surface area contributed by atoms with E-state index in [0.29, 0.717) is 0 Å². The zero-order chi connectivity index (χ0) is 13.7. The molecular formula is C15H19FN2O. The van der Waals surface area contributed by atoms with E-state index in [4.69, 9.17) is 4.42 Å². The van der Waals surface area contributed by atoms with E-state index < -0.39 is 0 Å². The van der Waals surface area contributed by atoms with Crippen LogP contribution in [0.25, 0.3) is 0 Å². The lowest BCUT2D eigenvalue weighted by molar-refractivity contribution is 0.482. The zero-order valence-corrected chi connectivity index (χ0v) is 11.3. The third-order valence-corrected chi connectivity index (χ3v) is 3.05. The smallest absolute Gasteiger partial charge is 0.123 e. The van der Waals surface area contributed by atoms with Crippen molar-refractivity contribution < 1.29 is 8.81 Å². The maximum Gasteiger partial charge on any atom is 0.123 e. The molecule has 0 aliphatic rings. The fourth-order valence-corrected chi connectivity index (χ4v) is 1.94. The summed E-state index contributed by atoms with van der Waals surface area (Å²) < 4.78 is 18.4. The van der Waals surface area contributed by atoms with E-state index in [1.165, 1.54) is 12.1 Å². The van der Waals surface area contributed by atoms with Crippen molar-refractivity contribution in [1.29, 1.82) is 0 Å². The maximum atomic E-state index is 12.9. The van der Waals surface area contributed by atoms with Gasteiger partial charge in [-0.25, -0.2) is 4.39 Å². The van der Waals surface area contributed by atoms with Crippen molar-refractivity contribution in [1.82, 2.24) is 5.32 Å². The standard InChI is InChI=1S/C15H19FN2O/c1-3-17-10-15-12(8-9-19-15)11-18(2)14-6-4-13(16)5-7-14/h4-9,17H,3,10-11H2,1-2H3. The normalized spacial score (nSPS) is 10.7. The number of hydrogen-bond acceptors (Lipinski definition) is 3. The van der Waals surface area contributed by atoms with Gasteiger partial charge in [0.15, 0.2) is 0 Å². The van der Waals surface area contributed by atoms with E-state index in [1.807, 2.05) is 13.1 Å². The molecule has 0 aliphatic heterocycles. The minimum Gasteiger partial charge on any atom is -0.468 e. The van der Waals surface area contributed by atoms with Crippen LogP contribution in [0.2, 0.25) is 0 Å². The van der Waals surface area contributed by atoms with Crippen LogP contribution in [-0.4, -0.2) is 13.6 Å². The van der Waals surface area contributed by atoms with Gasteiger partial charge in [-0.2, -0.15) is 0 Å². The van der Waals surface area contributed by atoms with Crippen LogP contribution in [0, 0.1) is 5.82 Å². The maximum absolute atomic E-state index is 12.9. The molecule has 0 spiro atoms. The summed E-state index contributed by atoms with van der Waals surface area (Å²) in [5, 5.41) is 3.25. The predicted octanol–water partition coefficient (Wildman–Crippen LogP) is 3.16. The highest BCUT2D eigenvalue weighted by atomic mass is 19.1. The molecule has 3 nitrogen and oxygen atoms in total. The highest BCUT2D eigenvalue weighted by Gasteiger charge is 2.09. The topological polar surface area (TPSA) is 28.4 Å². The lowest BCUT2D eigenvalue weighted by Crippen LogP contribution is -2.18. The minimum atomic E-state index is -0.215. The first kappa shape index (κ1) is 13.6. The lowest BCUT2D eigenvalue weighted by atomic mass is 10.2. The number of halogens is 1. The fraction of sp³-hybridized carbons (Fsp3) is 0.333. The van der Waals surface area contributed by atoms with E-state index in [1.54, 1.807) is 18.4 Å². The molecule has 1 aromatic heterocycles. The second-order valence-corrected chi connectivity index (χ2v) is 4.48. The van der Waals surface area contributed by atoms with Gasteiger partial charge in [0, 0.05) is 24.8 Å². The van der Waals surface area contributed by atoms with Crippen molar-refractivity contribution in [2.45, 2.75) is 20.0 Å². The van der Waals surface area contributed by atoms with Gasteiger partial charge in [-0.3, -0.25) is 0 Å². The van der Waals surface area contributed by atoms with Crippen LogP contribution in [0.1, 0.15) is 18.2 Å². The number of benzene rings is 1. The average Bonchev–Trinajstić information content (AvgIpc) is 2.84. The van der Waals surface area contributed by atoms with Gasteiger partial charge in [-0.1, -0.05) is 6.92 Å². The summed E-state index contributed by atoms with van der Waals surface area (Å²) in [5.41, 5.74) is 2.13. The van der Waals surface area contributed by atoms with Crippen molar-refractivity contribution in [3.63, 3.8) is 0 Å². The van der Waals surface area contributed by atoms with Crippen LogP contribution < -0.4 is 10.2 Å². The summed E-state index contributed by atoms with van der Waals surface area (Å²) in [5.74, 6) is 0.740. The Labute approximate surface area is 113 Å². The second kappa shape index (κ2) is 6.38. The molecule has 0 saturated carbocycles. The van der Waals surface area contributed by atoms with Gasteiger partial charge in [-0.05, 0) is 36.9 Å². The summed E-state index contributed by atoms with van der Waals surface area (Å²) in [6.45, 7) is 4.44. The van der Waals surface area contributed by atoms with Crippen LogP contribution in [0.4, 0.5) is 10.1 Å². The first-order valence-corrected chi connectivity index (χ1v) is 6.43. The van der Waals surface area contributed by atoms with E-state index in [-0.39, 0.29) is 5.82 Å². The summed E-state index contributed by atoms with van der Waals surface area (Å²) >= 11 is 0. The van der Waals surface area contributed by atoms with E-state index >= 15 is 0 Å². The molecule has 1 N–H and O–H groups in total. The predicted molar refractivity (Wildman–Crippen MR) is 74.6 cm³/mol. The number of hydrogen-bond donors (Lipinski definition) is 1. The summed E-state index contributed by atoms with van der Waals surface area (Å²) in [6.07, 6.45) is 1.71. The molecule has 0 fully saturated rings. The number of rotatable bonds is 6. The molecule has 0 amide bonds. The van der Waals surface area contributed by atoms with Crippen molar-refractivity contribution in [2.75, 3.05) is 18.5 Å². The molecule has 0 unspecified atom stereocenters. The lowest BCUT2D eigenvalue weighted by Gasteiger charge is -2.19. The Morgan fingerprint density at radius 2 is 1.95 bits per heavy atom. The second-order valence-electron chi connectivity index (χ2n) is 4.48. The molecule has 2 rings (SSSR count). The van der Waals surface area contributed by atoms with Crippen molar-refractivity contribution in [3.05, 3.63) is 53.7 Å². The van der Waals surface area contributed by atoms with Crippen molar-refractivity contribution in [3.8, 4) is 0 Å². The minimum absolute atomic E-state index is 0.215. The number of nitrogens with zero attached hydrogens (tertiary/aromatic N) is 1. The van der Waals surface area contributed by atoms with Crippen LogP contribution in [0.3, 0.4) is 0 Å². The first-order chi connectivity index (χ1) is 9.20. The Balaban J connectivity index is 2.04. The summed E-state index contributed by atoms with van der Waals surface area (Å²) in [4.78, 5) is 2.07. The molecule has 0 bridgehead atoms. The highest BCUT2D eigenvalue weighted by Crippen LogP contribution is 2.18. The summed E-state index contributed by atoms with van der Waals surface area (Å²) in [6, 6.07) is 8.48. The monoisotopic (exact) mass is 262 g/mol. The Kier molecular flexibility index (Phi) is 4.58. The quantitative estimate of drug-likeness (QED) is 0.866. The largest absolute Gasteiger partial charge is 0.468 e. The summed E-state index contributed by atoms with van der Waals surface area (Å²) in [7, 11) is 1.98. The Bertz CT molecular complexity index is 507. The molecule has 2 aromatic rings. The van der Waals surface area contributed by atoms with Gasteiger partial charge in [0.1, 0.15) is 11.6 Å². The molecule has 0 saturated heterocycles. The van der Waals surface area contributed by atoms with Gasteiger partial charge < -0.3 is 14.6 Å². The third-order valence-electron chi connectivity index (χ3n) is 3.05. The zero-order valence-electron chi connectivity index (χ0n) is 11.3. The Morgan fingerprint density at radius 1 is 1.21 bits per heavy atom. The first-order valence-electron chi connectivity index (χ1n) is 6.43. The van der Waals surface area contributed by atoms with E-state index in [9.17, 15) is 4.39 Å². The Morgan fingerprint density at radius 3 is 2.63 bits per heavy atom. The van der Waals surface area contributed by atoms with E-state index in [2.05, 4.69) is 17.1 Å². The average molecular weight is 262 g/mol. The van der Waals surface area contributed by atoms with Crippen LogP contribution >= 0.6 is 0 Å². The van der Waals surface area contributed by atoms with E-state index in [0.717, 1.165) is 36.6 Å². The highest BCUT2D eigenvalue weighted by molar-refractivity contribution is 5.46.